The van der Waals surface area contributed by atoms with Crippen LogP contribution in [0.4, 0.5) is 0 Å². The third-order valence-electron chi connectivity index (χ3n) is 4.61. The van der Waals surface area contributed by atoms with Gasteiger partial charge in [-0.1, -0.05) is 18.2 Å². The van der Waals surface area contributed by atoms with Crippen molar-refractivity contribution in [1.82, 2.24) is 0 Å². The summed E-state index contributed by atoms with van der Waals surface area (Å²) in [5.74, 6) is 0. The molecule has 0 atom stereocenters. The van der Waals surface area contributed by atoms with Crippen molar-refractivity contribution in [2.75, 3.05) is 6.54 Å². The van der Waals surface area contributed by atoms with E-state index in [-0.39, 0.29) is 11.5 Å². The van der Waals surface area contributed by atoms with Gasteiger partial charge in [0.1, 0.15) is 0 Å². The second kappa shape index (κ2) is 4.11. The fourth-order valence-electron chi connectivity index (χ4n) is 3.62. The van der Waals surface area contributed by atoms with Gasteiger partial charge < -0.3 is 10.8 Å². The number of hydrogen-bond donors (Lipinski definition) is 2. The van der Waals surface area contributed by atoms with Gasteiger partial charge >= 0.3 is 0 Å². The zero-order valence-electron chi connectivity index (χ0n) is 10.3. The standard InChI is InChI=1S/C15H21NO/c16-10-15(8-12(17)9-15)14-7-3-5-11-4-1-2-6-13(11)14/h3,5,7,12,17H,1-2,4,6,8-10,16H2. The number of benzene rings is 1. The minimum Gasteiger partial charge on any atom is -0.393 e. The van der Waals surface area contributed by atoms with Crippen LogP contribution in [0.25, 0.3) is 0 Å². The Bertz CT molecular complexity index is 421. The Labute approximate surface area is 103 Å². The maximum atomic E-state index is 9.62. The molecule has 2 aliphatic rings. The number of aliphatic hydroxyl groups is 1. The lowest BCUT2D eigenvalue weighted by Gasteiger charge is -2.46. The minimum absolute atomic E-state index is 0.0715. The number of rotatable bonds is 2. The molecular weight excluding hydrogens is 210 g/mol. The molecule has 2 aliphatic carbocycles. The molecule has 1 aromatic carbocycles. The maximum Gasteiger partial charge on any atom is 0.0558 e. The van der Waals surface area contributed by atoms with Crippen molar-refractivity contribution in [2.45, 2.75) is 50.0 Å². The van der Waals surface area contributed by atoms with E-state index in [4.69, 9.17) is 5.73 Å². The molecule has 2 nitrogen and oxygen atoms in total. The molecule has 92 valence electrons. The van der Waals surface area contributed by atoms with E-state index in [1.165, 1.54) is 42.4 Å². The Morgan fingerprint density at radius 3 is 2.71 bits per heavy atom. The average molecular weight is 231 g/mol. The Morgan fingerprint density at radius 2 is 2.00 bits per heavy atom. The largest absolute Gasteiger partial charge is 0.393 e. The molecular formula is C15H21NO. The maximum absolute atomic E-state index is 9.62. The predicted octanol–water partition coefficient (Wildman–Crippen LogP) is 1.92. The third-order valence-corrected chi connectivity index (χ3v) is 4.61. The zero-order valence-corrected chi connectivity index (χ0v) is 10.3. The highest BCUT2D eigenvalue weighted by atomic mass is 16.3. The van der Waals surface area contributed by atoms with Gasteiger partial charge in [-0.15, -0.1) is 0 Å². The van der Waals surface area contributed by atoms with Crippen LogP contribution in [0, 0.1) is 0 Å². The first-order valence-corrected chi connectivity index (χ1v) is 6.74. The van der Waals surface area contributed by atoms with Crippen LogP contribution in [0.15, 0.2) is 18.2 Å². The van der Waals surface area contributed by atoms with E-state index in [9.17, 15) is 5.11 Å². The summed E-state index contributed by atoms with van der Waals surface area (Å²) in [4.78, 5) is 0. The van der Waals surface area contributed by atoms with Crippen LogP contribution >= 0.6 is 0 Å². The summed E-state index contributed by atoms with van der Waals surface area (Å²) in [7, 11) is 0. The average Bonchev–Trinajstić information content (AvgIpc) is 2.34. The molecule has 0 saturated heterocycles. The van der Waals surface area contributed by atoms with Gasteiger partial charge in [-0.3, -0.25) is 0 Å². The van der Waals surface area contributed by atoms with Gasteiger partial charge in [-0.2, -0.15) is 0 Å². The van der Waals surface area contributed by atoms with E-state index in [1.807, 2.05) is 0 Å². The molecule has 17 heavy (non-hydrogen) atoms. The summed E-state index contributed by atoms with van der Waals surface area (Å²) in [6.07, 6.45) is 6.58. The van der Waals surface area contributed by atoms with Crippen LogP contribution in [0.1, 0.15) is 42.4 Å². The molecule has 1 saturated carbocycles. The smallest absolute Gasteiger partial charge is 0.0558 e. The summed E-state index contributed by atoms with van der Waals surface area (Å²) in [5.41, 5.74) is 10.5. The molecule has 0 bridgehead atoms. The Morgan fingerprint density at radius 1 is 1.24 bits per heavy atom. The Balaban J connectivity index is 2.02. The molecule has 3 N–H and O–H groups in total. The highest BCUT2D eigenvalue weighted by Crippen LogP contribution is 2.45. The lowest BCUT2D eigenvalue weighted by Crippen LogP contribution is -2.50. The minimum atomic E-state index is -0.141. The molecule has 0 unspecified atom stereocenters. The van der Waals surface area contributed by atoms with Crippen molar-refractivity contribution in [3.05, 3.63) is 34.9 Å². The summed E-state index contributed by atoms with van der Waals surface area (Å²) >= 11 is 0. The first kappa shape index (κ1) is 11.2. The summed E-state index contributed by atoms with van der Waals surface area (Å²) in [5, 5.41) is 9.62. The molecule has 0 aliphatic heterocycles. The van der Waals surface area contributed by atoms with Crippen molar-refractivity contribution >= 4 is 0 Å². The van der Waals surface area contributed by atoms with Gasteiger partial charge in [0.2, 0.25) is 0 Å². The third kappa shape index (κ3) is 1.71. The van der Waals surface area contributed by atoms with Gasteiger partial charge in [0.15, 0.2) is 0 Å². The van der Waals surface area contributed by atoms with Crippen molar-refractivity contribution < 1.29 is 5.11 Å². The number of aliphatic hydroxyl groups excluding tert-OH is 1. The van der Waals surface area contributed by atoms with Crippen LogP contribution in [0.3, 0.4) is 0 Å². The Kier molecular flexibility index (Phi) is 2.72. The molecule has 0 radical (unpaired) electrons. The van der Waals surface area contributed by atoms with Crippen LogP contribution in [0.5, 0.6) is 0 Å². The van der Waals surface area contributed by atoms with E-state index in [2.05, 4.69) is 18.2 Å². The quantitative estimate of drug-likeness (QED) is 0.817. The first-order valence-electron chi connectivity index (χ1n) is 6.74. The van der Waals surface area contributed by atoms with Crippen molar-refractivity contribution in [3.8, 4) is 0 Å². The summed E-state index contributed by atoms with van der Waals surface area (Å²) in [6, 6.07) is 6.67. The van der Waals surface area contributed by atoms with Crippen LogP contribution in [-0.4, -0.2) is 17.8 Å². The summed E-state index contributed by atoms with van der Waals surface area (Å²) < 4.78 is 0. The van der Waals surface area contributed by atoms with Gasteiger partial charge in [0, 0.05) is 12.0 Å². The lowest BCUT2D eigenvalue weighted by molar-refractivity contribution is 0.0216. The fraction of sp³-hybridized carbons (Fsp3) is 0.600. The second-order valence-corrected chi connectivity index (χ2v) is 5.70. The van der Waals surface area contributed by atoms with E-state index in [0.717, 1.165) is 12.8 Å². The van der Waals surface area contributed by atoms with Crippen molar-refractivity contribution in [2.24, 2.45) is 5.73 Å². The SMILES string of the molecule is NCC1(c2cccc3c2CCCC3)CC(O)C1. The van der Waals surface area contributed by atoms with E-state index < -0.39 is 0 Å². The van der Waals surface area contributed by atoms with Gasteiger partial charge in [-0.25, -0.2) is 0 Å². The molecule has 0 heterocycles. The molecule has 0 amide bonds. The monoisotopic (exact) mass is 231 g/mol. The highest BCUT2D eigenvalue weighted by molar-refractivity contribution is 5.43. The zero-order chi connectivity index (χ0) is 11.9. The normalized spacial score (nSPS) is 31.8. The highest BCUT2D eigenvalue weighted by Gasteiger charge is 2.45. The van der Waals surface area contributed by atoms with Crippen LogP contribution in [0.2, 0.25) is 0 Å². The van der Waals surface area contributed by atoms with Gasteiger partial charge in [0.25, 0.3) is 0 Å². The van der Waals surface area contributed by atoms with Crippen LogP contribution in [-0.2, 0) is 18.3 Å². The molecule has 0 spiro atoms. The van der Waals surface area contributed by atoms with Crippen molar-refractivity contribution in [1.29, 1.82) is 0 Å². The second-order valence-electron chi connectivity index (χ2n) is 5.70. The van der Waals surface area contributed by atoms with E-state index in [1.54, 1.807) is 0 Å². The molecule has 1 aromatic rings. The number of nitrogens with two attached hydrogens (primary N) is 1. The molecule has 0 aromatic heterocycles. The van der Waals surface area contributed by atoms with Crippen molar-refractivity contribution in [3.63, 3.8) is 0 Å². The lowest BCUT2D eigenvalue weighted by atomic mass is 9.60. The molecule has 2 heteroatoms. The molecule has 1 fully saturated rings. The molecule has 3 rings (SSSR count). The number of fused-ring (bicyclic) bond motifs is 1. The van der Waals surface area contributed by atoms with Gasteiger partial charge in [-0.05, 0) is 55.2 Å². The summed E-state index contributed by atoms with van der Waals surface area (Å²) in [6.45, 7) is 0.667. The van der Waals surface area contributed by atoms with E-state index in [0.29, 0.717) is 6.54 Å². The Hall–Kier alpha value is -0.860. The number of hydrogen-bond acceptors (Lipinski definition) is 2. The topological polar surface area (TPSA) is 46.2 Å². The van der Waals surface area contributed by atoms with E-state index >= 15 is 0 Å². The van der Waals surface area contributed by atoms with Gasteiger partial charge in [0.05, 0.1) is 6.10 Å². The predicted molar refractivity (Wildman–Crippen MR) is 69.1 cm³/mol. The first-order chi connectivity index (χ1) is 8.25. The van der Waals surface area contributed by atoms with Crippen LogP contribution < -0.4 is 5.73 Å². The fourth-order valence-corrected chi connectivity index (χ4v) is 3.62. The number of aryl methyl sites for hydroxylation is 1.